The van der Waals surface area contributed by atoms with Gasteiger partial charge in [-0.15, -0.1) is 0 Å². The van der Waals surface area contributed by atoms with E-state index >= 15 is 0 Å². The van der Waals surface area contributed by atoms with E-state index in [1.165, 1.54) is 4.31 Å². The third-order valence-corrected chi connectivity index (χ3v) is 4.48. The van der Waals surface area contributed by atoms with E-state index in [4.69, 9.17) is 0 Å². The van der Waals surface area contributed by atoms with Gasteiger partial charge in [-0.1, -0.05) is 0 Å². The Labute approximate surface area is 122 Å². The van der Waals surface area contributed by atoms with Crippen LogP contribution in [0.25, 0.3) is 0 Å². The maximum absolute atomic E-state index is 11.5. The Morgan fingerprint density at radius 1 is 1.33 bits per heavy atom. The van der Waals surface area contributed by atoms with Crippen molar-refractivity contribution in [2.75, 3.05) is 49.7 Å². The van der Waals surface area contributed by atoms with Gasteiger partial charge < -0.3 is 10.2 Å². The van der Waals surface area contributed by atoms with E-state index in [0.29, 0.717) is 13.1 Å². The molecule has 2 rings (SSSR count). The maximum Gasteiger partial charge on any atom is 0.329 e. The highest BCUT2D eigenvalue weighted by Gasteiger charge is 2.28. The molecule has 10 nitrogen and oxygen atoms in total. The van der Waals surface area contributed by atoms with Crippen LogP contribution in [0.15, 0.2) is 6.20 Å². The van der Waals surface area contributed by atoms with E-state index in [1.54, 1.807) is 11.9 Å². The molecule has 1 aromatic rings. The summed E-state index contributed by atoms with van der Waals surface area (Å²) in [6.07, 6.45) is 2.30. The van der Waals surface area contributed by atoms with E-state index in [-0.39, 0.29) is 30.5 Å². The molecule has 0 saturated carbocycles. The molecule has 1 aliphatic rings. The van der Waals surface area contributed by atoms with Crippen molar-refractivity contribution >= 4 is 27.5 Å². The Bertz CT molecular complexity index is 641. The molecule has 0 bridgehead atoms. The smallest absolute Gasteiger partial charge is 0.329 e. The third-order valence-electron chi connectivity index (χ3n) is 3.18. The van der Waals surface area contributed by atoms with Gasteiger partial charge in [0.1, 0.15) is 6.20 Å². The van der Waals surface area contributed by atoms with Crippen LogP contribution in [0.4, 0.5) is 17.5 Å². The normalized spacial score (nSPS) is 16.8. The molecule has 1 saturated heterocycles. The van der Waals surface area contributed by atoms with E-state index in [9.17, 15) is 18.5 Å². The van der Waals surface area contributed by atoms with Crippen molar-refractivity contribution in [2.45, 2.75) is 0 Å². The SMILES string of the molecule is CNc1ncc([N+](=O)[O-])c(N2CCN(S(C)(=O)=O)CC2)n1. The van der Waals surface area contributed by atoms with Crippen molar-refractivity contribution in [3.63, 3.8) is 0 Å². The molecule has 1 fully saturated rings. The van der Waals surface area contributed by atoms with Gasteiger partial charge in [-0.05, 0) is 0 Å². The average molecular weight is 316 g/mol. The van der Waals surface area contributed by atoms with E-state index in [0.717, 1.165) is 12.5 Å². The minimum absolute atomic E-state index is 0.193. The van der Waals surface area contributed by atoms with Crippen molar-refractivity contribution in [3.8, 4) is 0 Å². The summed E-state index contributed by atoms with van der Waals surface area (Å²) < 4.78 is 24.3. The van der Waals surface area contributed by atoms with Gasteiger partial charge >= 0.3 is 5.69 Å². The summed E-state index contributed by atoms with van der Waals surface area (Å²) in [6.45, 7) is 1.23. The van der Waals surface area contributed by atoms with Crippen LogP contribution in [0.2, 0.25) is 0 Å². The van der Waals surface area contributed by atoms with Crippen LogP contribution in [0.5, 0.6) is 0 Å². The monoisotopic (exact) mass is 316 g/mol. The van der Waals surface area contributed by atoms with Gasteiger partial charge in [-0.3, -0.25) is 10.1 Å². The first-order valence-electron chi connectivity index (χ1n) is 6.22. The van der Waals surface area contributed by atoms with Crippen molar-refractivity contribution in [1.82, 2.24) is 14.3 Å². The van der Waals surface area contributed by atoms with Crippen LogP contribution in [0.3, 0.4) is 0 Å². The second kappa shape index (κ2) is 5.77. The topological polar surface area (TPSA) is 122 Å². The van der Waals surface area contributed by atoms with Crippen LogP contribution in [-0.4, -0.2) is 67.1 Å². The fourth-order valence-electron chi connectivity index (χ4n) is 2.08. The average Bonchev–Trinajstić information content (AvgIpc) is 2.45. The number of aromatic nitrogens is 2. The Morgan fingerprint density at radius 2 is 1.95 bits per heavy atom. The molecule has 0 spiro atoms. The number of hydrogen-bond acceptors (Lipinski definition) is 8. The first kappa shape index (κ1) is 15.4. The molecule has 1 N–H and O–H groups in total. The summed E-state index contributed by atoms with van der Waals surface area (Å²) in [4.78, 5) is 20.2. The third kappa shape index (κ3) is 3.36. The molecule has 1 aliphatic heterocycles. The molecule has 116 valence electrons. The quantitative estimate of drug-likeness (QED) is 0.583. The number of nitro groups is 1. The van der Waals surface area contributed by atoms with E-state index in [1.807, 2.05) is 0 Å². The molecule has 0 atom stereocenters. The highest BCUT2D eigenvalue weighted by atomic mass is 32.2. The predicted molar refractivity (Wildman–Crippen MR) is 76.9 cm³/mol. The molecule has 21 heavy (non-hydrogen) atoms. The highest BCUT2D eigenvalue weighted by molar-refractivity contribution is 7.88. The molecule has 11 heteroatoms. The minimum Gasteiger partial charge on any atom is -0.357 e. The zero-order valence-electron chi connectivity index (χ0n) is 11.7. The number of sulfonamides is 1. The summed E-state index contributed by atoms with van der Waals surface area (Å²) in [5, 5.41) is 13.8. The maximum atomic E-state index is 11.5. The van der Waals surface area contributed by atoms with Crippen molar-refractivity contribution in [3.05, 3.63) is 16.3 Å². The Hall–Kier alpha value is -2.01. The Balaban J connectivity index is 2.25. The molecule has 0 aliphatic carbocycles. The first-order chi connectivity index (χ1) is 9.82. The summed E-state index contributed by atoms with van der Waals surface area (Å²) in [5.74, 6) is 0.480. The van der Waals surface area contributed by atoms with Gasteiger partial charge in [0.15, 0.2) is 0 Å². The molecule has 1 aromatic heterocycles. The zero-order chi connectivity index (χ0) is 15.6. The molecule has 0 radical (unpaired) electrons. The lowest BCUT2D eigenvalue weighted by molar-refractivity contribution is -0.384. The van der Waals surface area contributed by atoms with Crippen molar-refractivity contribution in [1.29, 1.82) is 0 Å². The van der Waals surface area contributed by atoms with Gasteiger partial charge in [0.25, 0.3) is 0 Å². The van der Waals surface area contributed by atoms with E-state index < -0.39 is 14.9 Å². The largest absolute Gasteiger partial charge is 0.357 e. The molecule has 0 unspecified atom stereocenters. The van der Waals surface area contributed by atoms with Crippen LogP contribution < -0.4 is 10.2 Å². The van der Waals surface area contributed by atoms with E-state index in [2.05, 4.69) is 15.3 Å². The molecule has 0 amide bonds. The van der Waals surface area contributed by atoms with Gasteiger partial charge in [0.2, 0.25) is 21.8 Å². The highest BCUT2D eigenvalue weighted by Crippen LogP contribution is 2.27. The lowest BCUT2D eigenvalue weighted by atomic mass is 10.3. The van der Waals surface area contributed by atoms with Gasteiger partial charge in [-0.25, -0.2) is 13.4 Å². The minimum atomic E-state index is -3.24. The summed E-state index contributed by atoms with van der Waals surface area (Å²) in [5.41, 5.74) is -0.193. The van der Waals surface area contributed by atoms with Gasteiger partial charge in [-0.2, -0.15) is 9.29 Å². The standard InChI is InChI=1S/C10H16N6O4S/c1-11-10-12-7-8(16(17)18)9(13-10)14-3-5-15(6-4-14)21(2,19)20/h7H,3-6H2,1-2H3,(H,11,12,13). The molecular formula is C10H16N6O4S. The summed E-state index contributed by atoms with van der Waals surface area (Å²) in [7, 11) is -1.63. The fraction of sp³-hybridized carbons (Fsp3) is 0.600. The van der Waals surface area contributed by atoms with Crippen LogP contribution in [0, 0.1) is 10.1 Å². The number of nitrogens with one attached hydrogen (secondary N) is 1. The van der Waals surface area contributed by atoms with Crippen molar-refractivity contribution in [2.24, 2.45) is 0 Å². The Morgan fingerprint density at radius 3 is 2.43 bits per heavy atom. The van der Waals surface area contributed by atoms with Crippen LogP contribution >= 0.6 is 0 Å². The lowest BCUT2D eigenvalue weighted by Crippen LogP contribution is -2.48. The molecule has 2 heterocycles. The molecule has 0 aromatic carbocycles. The van der Waals surface area contributed by atoms with Gasteiger partial charge in [0, 0.05) is 33.2 Å². The second-order valence-electron chi connectivity index (χ2n) is 4.56. The predicted octanol–water partition coefficient (Wildman–Crippen LogP) is -0.492. The fourth-order valence-corrected chi connectivity index (χ4v) is 2.91. The number of nitrogens with zero attached hydrogens (tertiary/aromatic N) is 5. The Kier molecular flexibility index (Phi) is 4.23. The number of rotatable bonds is 4. The lowest BCUT2D eigenvalue weighted by Gasteiger charge is -2.33. The number of piperazine rings is 1. The number of hydrogen-bond donors (Lipinski definition) is 1. The van der Waals surface area contributed by atoms with Crippen LogP contribution in [-0.2, 0) is 10.0 Å². The first-order valence-corrected chi connectivity index (χ1v) is 8.07. The second-order valence-corrected chi connectivity index (χ2v) is 6.54. The summed E-state index contributed by atoms with van der Waals surface area (Å²) in [6, 6.07) is 0. The zero-order valence-corrected chi connectivity index (χ0v) is 12.5. The van der Waals surface area contributed by atoms with Crippen LogP contribution in [0.1, 0.15) is 0 Å². The summed E-state index contributed by atoms with van der Waals surface area (Å²) >= 11 is 0. The van der Waals surface area contributed by atoms with Gasteiger partial charge in [0.05, 0.1) is 11.2 Å². The van der Waals surface area contributed by atoms with Crippen molar-refractivity contribution < 1.29 is 13.3 Å². The molecular weight excluding hydrogens is 300 g/mol. The number of anilines is 2.